The number of hydrogen-bond acceptors (Lipinski definition) is 4. The zero-order valence-electron chi connectivity index (χ0n) is 15.2. The number of hydrogen-bond donors (Lipinski definition) is 0. The topological polar surface area (TPSA) is 30.3 Å². The van der Waals surface area contributed by atoms with E-state index in [1.54, 1.807) is 11.8 Å². The van der Waals surface area contributed by atoms with Crippen molar-refractivity contribution < 1.29 is 4.74 Å². The van der Waals surface area contributed by atoms with Crippen molar-refractivity contribution in [2.75, 3.05) is 26.2 Å². The third kappa shape index (κ3) is 3.89. The van der Waals surface area contributed by atoms with Gasteiger partial charge in [0.2, 0.25) is 0 Å². The molecule has 4 nitrogen and oxygen atoms in total. The van der Waals surface area contributed by atoms with Crippen LogP contribution in [0.3, 0.4) is 0 Å². The molecule has 2 aromatic carbocycles. The summed E-state index contributed by atoms with van der Waals surface area (Å²) in [5.74, 6) is 0.916. The minimum absolute atomic E-state index is 0.693. The second-order valence-corrected chi connectivity index (χ2v) is 7.63. The number of para-hydroxylation sites is 2. The highest BCUT2D eigenvalue weighted by Gasteiger charge is 2.15. The SMILES string of the molecule is CCOc1ccc(Sc2nc3ccccc3n2CCN2CCCC2)cc1. The van der Waals surface area contributed by atoms with Crippen LogP contribution in [-0.4, -0.2) is 40.7 Å². The van der Waals surface area contributed by atoms with Crippen LogP contribution in [0.2, 0.25) is 0 Å². The average molecular weight is 368 g/mol. The van der Waals surface area contributed by atoms with E-state index in [1.165, 1.54) is 36.3 Å². The Labute approximate surface area is 159 Å². The third-order valence-corrected chi connectivity index (χ3v) is 5.80. The van der Waals surface area contributed by atoms with E-state index in [2.05, 4.69) is 45.9 Å². The maximum atomic E-state index is 5.54. The van der Waals surface area contributed by atoms with Gasteiger partial charge in [-0.05, 0) is 69.3 Å². The van der Waals surface area contributed by atoms with E-state index >= 15 is 0 Å². The van der Waals surface area contributed by atoms with Crippen LogP contribution in [0, 0.1) is 0 Å². The van der Waals surface area contributed by atoms with Crippen LogP contribution in [0.4, 0.5) is 0 Å². The molecule has 1 aliphatic rings. The molecule has 136 valence electrons. The molecule has 26 heavy (non-hydrogen) atoms. The molecule has 5 heteroatoms. The quantitative estimate of drug-likeness (QED) is 0.606. The average Bonchev–Trinajstić information content (AvgIpc) is 3.29. The zero-order valence-corrected chi connectivity index (χ0v) is 16.0. The molecule has 2 heterocycles. The van der Waals surface area contributed by atoms with Gasteiger partial charge < -0.3 is 14.2 Å². The smallest absolute Gasteiger partial charge is 0.173 e. The first kappa shape index (κ1) is 17.4. The number of ether oxygens (including phenoxy) is 1. The summed E-state index contributed by atoms with van der Waals surface area (Å²) in [7, 11) is 0. The van der Waals surface area contributed by atoms with Crippen LogP contribution in [-0.2, 0) is 6.54 Å². The summed E-state index contributed by atoms with van der Waals surface area (Å²) >= 11 is 1.73. The first-order valence-corrected chi connectivity index (χ1v) is 10.2. The van der Waals surface area contributed by atoms with E-state index in [-0.39, 0.29) is 0 Å². The standard InChI is InChI=1S/C21H25N3OS/c1-2-25-17-9-11-18(12-10-17)26-21-22-19-7-3-4-8-20(19)24(21)16-15-23-13-5-6-14-23/h3-4,7-12H,2,5-6,13-16H2,1H3. The van der Waals surface area contributed by atoms with Gasteiger partial charge in [0.25, 0.3) is 0 Å². The zero-order chi connectivity index (χ0) is 17.8. The Morgan fingerprint density at radius 2 is 1.77 bits per heavy atom. The fourth-order valence-corrected chi connectivity index (χ4v) is 4.40. The van der Waals surface area contributed by atoms with Crippen LogP contribution in [0.1, 0.15) is 19.8 Å². The van der Waals surface area contributed by atoms with Gasteiger partial charge in [-0.2, -0.15) is 0 Å². The molecule has 1 aromatic heterocycles. The van der Waals surface area contributed by atoms with Gasteiger partial charge in [0.1, 0.15) is 5.75 Å². The maximum absolute atomic E-state index is 5.54. The normalized spacial score (nSPS) is 15.0. The fraction of sp³-hybridized carbons (Fsp3) is 0.381. The van der Waals surface area contributed by atoms with Gasteiger partial charge in [-0.25, -0.2) is 4.98 Å². The van der Waals surface area contributed by atoms with E-state index in [4.69, 9.17) is 9.72 Å². The van der Waals surface area contributed by atoms with Crippen molar-refractivity contribution in [1.82, 2.24) is 14.5 Å². The van der Waals surface area contributed by atoms with Gasteiger partial charge in [0.05, 0.1) is 17.6 Å². The molecule has 3 aromatic rings. The lowest BCUT2D eigenvalue weighted by Crippen LogP contribution is -2.24. The van der Waals surface area contributed by atoms with E-state index in [9.17, 15) is 0 Å². The molecule has 1 aliphatic heterocycles. The number of imidazole rings is 1. The van der Waals surface area contributed by atoms with Gasteiger partial charge >= 0.3 is 0 Å². The van der Waals surface area contributed by atoms with Crippen molar-refractivity contribution in [1.29, 1.82) is 0 Å². The lowest BCUT2D eigenvalue weighted by Gasteiger charge is -2.16. The lowest BCUT2D eigenvalue weighted by molar-refractivity contribution is 0.320. The number of likely N-dealkylation sites (tertiary alicyclic amines) is 1. The van der Waals surface area contributed by atoms with Crippen LogP contribution in [0.25, 0.3) is 11.0 Å². The third-order valence-electron chi connectivity index (χ3n) is 4.80. The van der Waals surface area contributed by atoms with Crippen molar-refractivity contribution in [3.8, 4) is 5.75 Å². The molecular formula is C21H25N3OS. The van der Waals surface area contributed by atoms with E-state index in [0.29, 0.717) is 6.61 Å². The number of benzene rings is 2. The van der Waals surface area contributed by atoms with Crippen LogP contribution >= 0.6 is 11.8 Å². The Morgan fingerprint density at radius 1 is 1.00 bits per heavy atom. The summed E-state index contributed by atoms with van der Waals surface area (Å²) in [5.41, 5.74) is 2.29. The monoisotopic (exact) mass is 367 g/mol. The predicted molar refractivity (Wildman–Crippen MR) is 107 cm³/mol. The Morgan fingerprint density at radius 3 is 2.54 bits per heavy atom. The summed E-state index contributed by atoms with van der Waals surface area (Å²) in [6.45, 7) is 7.24. The van der Waals surface area contributed by atoms with Crippen LogP contribution in [0.15, 0.2) is 58.6 Å². The van der Waals surface area contributed by atoms with Crippen LogP contribution in [0.5, 0.6) is 5.75 Å². The molecule has 0 atom stereocenters. The summed E-state index contributed by atoms with van der Waals surface area (Å²) < 4.78 is 7.91. The van der Waals surface area contributed by atoms with Gasteiger partial charge in [0.15, 0.2) is 5.16 Å². The summed E-state index contributed by atoms with van der Waals surface area (Å²) in [6, 6.07) is 16.7. The molecular weight excluding hydrogens is 342 g/mol. The second-order valence-electron chi connectivity index (χ2n) is 6.59. The number of nitrogens with zero attached hydrogens (tertiary/aromatic N) is 3. The first-order valence-electron chi connectivity index (χ1n) is 9.42. The number of rotatable bonds is 7. The highest BCUT2D eigenvalue weighted by molar-refractivity contribution is 7.99. The molecule has 1 saturated heterocycles. The van der Waals surface area contributed by atoms with Crippen molar-refractivity contribution in [3.63, 3.8) is 0 Å². The molecule has 1 fully saturated rings. The van der Waals surface area contributed by atoms with Crippen LogP contribution < -0.4 is 4.74 Å². The Kier molecular flexibility index (Phi) is 5.46. The molecule has 0 bridgehead atoms. The van der Waals surface area contributed by atoms with Gasteiger partial charge in [-0.1, -0.05) is 23.9 Å². The minimum Gasteiger partial charge on any atom is -0.494 e. The van der Waals surface area contributed by atoms with Crippen molar-refractivity contribution >= 4 is 22.8 Å². The number of aromatic nitrogens is 2. The Bertz CT molecular complexity index is 853. The number of fused-ring (bicyclic) bond motifs is 1. The molecule has 0 radical (unpaired) electrons. The maximum Gasteiger partial charge on any atom is 0.173 e. The molecule has 0 unspecified atom stereocenters. The molecule has 0 N–H and O–H groups in total. The summed E-state index contributed by atoms with van der Waals surface area (Å²) in [6.07, 6.45) is 2.66. The molecule has 4 rings (SSSR count). The largest absolute Gasteiger partial charge is 0.494 e. The van der Waals surface area contributed by atoms with Crippen molar-refractivity contribution in [3.05, 3.63) is 48.5 Å². The van der Waals surface area contributed by atoms with E-state index in [0.717, 1.165) is 29.5 Å². The van der Waals surface area contributed by atoms with Crippen molar-refractivity contribution in [2.24, 2.45) is 0 Å². The summed E-state index contributed by atoms with van der Waals surface area (Å²) in [5, 5.41) is 1.06. The lowest BCUT2D eigenvalue weighted by atomic mass is 10.3. The van der Waals surface area contributed by atoms with Gasteiger partial charge in [-0.15, -0.1) is 0 Å². The first-order chi connectivity index (χ1) is 12.8. The van der Waals surface area contributed by atoms with E-state index in [1.807, 2.05) is 19.1 Å². The Hall–Kier alpha value is -1.98. The van der Waals surface area contributed by atoms with Gasteiger partial charge in [0, 0.05) is 18.0 Å². The molecule has 0 aliphatic carbocycles. The molecule has 0 saturated carbocycles. The predicted octanol–water partition coefficient (Wildman–Crippen LogP) is 4.68. The summed E-state index contributed by atoms with van der Waals surface area (Å²) in [4.78, 5) is 8.63. The second kappa shape index (κ2) is 8.14. The van der Waals surface area contributed by atoms with Crippen molar-refractivity contribution in [2.45, 2.75) is 36.4 Å². The highest BCUT2D eigenvalue weighted by Crippen LogP contribution is 2.31. The molecule has 0 spiro atoms. The Balaban J connectivity index is 1.57. The highest BCUT2D eigenvalue weighted by atomic mass is 32.2. The van der Waals surface area contributed by atoms with Gasteiger partial charge in [-0.3, -0.25) is 0 Å². The fourth-order valence-electron chi connectivity index (χ4n) is 3.47. The minimum atomic E-state index is 0.693. The van der Waals surface area contributed by atoms with E-state index < -0.39 is 0 Å². The molecule has 0 amide bonds.